The lowest BCUT2D eigenvalue weighted by Crippen LogP contribution is -2.23. The predicted molar refractivity (Wildman–Crippen MR) is 80.8 cm³/mol. The van der Waals surface area contributed by atoms with Gasteiger partial charge in [-0.05, 0) is 37.3 Å². The van der Waals surface area contributed by atoms with Crippen LogP contribution in [0.3, 0.4) is 0 Å². The third kappa shape index (κ3) is 6.36. The van der Waals surface area contributed by atoms with E-state index in [1.807, 2.05) is 27.7 Å². The molecule has 0 saturated carbocycles. The van der Waals surface area contributed by atoms with Crippen LogP contribution in [0.4, 0.5) is 0 Å². The number of aliphatic hydroxyl groups excluding tert-OH is 1. The first-order valence-corrected chi connectivity index (χ1v) is 7.57. The van der Waals surface area contributed by atoms with E-state index in [1.165, 1.54) is 18.4 Å². The van der Waals surface area contributed by atoms with Gasteiger partial charge in [-0.25, -0.2) is 0 Å². The van der Waals surface area contributed by atoms with Gasteiger partial charge in [0, 0.05) is 19.7 Å². The van der Waals surface area contributed by atoms with Gasteiger partial charge in [-0.1, -0.05) is 45.9 Å². The quantitative estimate of drug-likeness (QED) is 0.830. The van der Waals surface area contributed by atoms with Crippen LogP contribution in [0.1, 0.15) is 47.0 Å². The fourth-order valence-corrected chi connectivity index (χ4v) is 2.25. The largest absolute Gasteiger partial charge is 0.396 e. The van der Waals surface area contributed by atoms with Gasteiger partial charge in [0.05, 0.1) is 0 Å². The standard InChI is InChI=1S/C12H19NO.2C2H6/c14-10-12-6-7-13(9-12)8-11-4-2-1-3-5-11;2*1-2/h2,4-5,12,14H,1,3,6-10H2;2*1-2H3. The van der Waals surface area contributed by atoms with Crippen molar-refractivity contribution < 1.29 is 5.11 Å². The van der Waals surface area contributed by atoms with Gasteiger partial charge in [-0.15, -0.1) is 0 Å². The molecule has 0 aromatic carbocycles. The molecule has 1 atom stereocenters. The summed E-state index contributed by atoms with van der Waals surface area (Å²) in [7, 11) is 0. The molecule has 1 unspecified atom stereocenters. The second kappa shape index (κ2) is 11.5. The highest BCUT2D eigenvalue weighted by atomic mass is 16.3. The van der Waals surface area contributed by atoms with Crippen molar-refractivity contribution in [2.75, 3.05) is 26.2 Å². The van der Waals surface area contributed by atoms with Crippen LogP contribution >= 0.6 is 0 Å². The normalized spacial score (nSPS) is 22.5. The van der Waals surface area contributed by atoms with Crippen LogP contribution in [0, 0.1) is 5.92 Å². The number of aliphatic hydroxyl groups is 1. The molecule has 1 saturated heterocycles. The van der Waals surface area contributed by atoms with E-state index >= 15 is 0 Å². The summed E-state index contributed by atoms with van der Waals surface area (Å²) in [6.07, 6.45) is 10.4. The Labute approximate surface area is 113 Å². The molecule has 2 aliphatic rings. The van der Waals surface area contributed by atoms with Crippen LogP contribution in [0.2, 0.25) is 0 Å². The molecule has 0 bridgehead atoms. The molecular weight excluding hydrogens is 222 g/mol. The molecule has 2 rings (SSSR count). The SMILES string of the molecule is CC.CC.OCC1CCN(CC2=CCCC=C2)C1. The first-order chi connectivity index (χ1) is 8.88. The maximum Gasteiger partial charge on any atom is 0.0471 e. The van der Waals surface area contributed by atoms with Crippen LogP contribution in [-0.4, -0.2) is 36.2 Å². The molecule has 0 radical (unpaired) electrons. The lowest BCUT2D eigenvalue weighted by atomic mass is 10.1. The van der Waals surface area contributed by atoms with E-state index in [-0.39, 0.29) is 0 Å². The van der Waals surface area contributed by atoms with Gasteiger partial charge in [0.2, 0.25) is 0 Å². The van der Waals surface area contributed by atoms with Crippen molar-refractivity contribution in [1.29, 1.82) is 0 Å². The van der Waals surface area contributed by atoms with Gasteiger partial charge >= 0.3 is 0 Å². The Bertz CT molecular complexity index is 245. The monoisotopic (exact) mass is 253 g/mol. The third-order valence-corrected chi connectivity index (χ3v) is 3.11. The van der Waals surface area contributed by atoms with E-state index in [0.717, 1.165) is 26.1 Å². The number of allylic oxidation sites excluding steroid dienone is 2. The molecule has 106 valence electrons. The zero-order valence-electron chi connectivity index (χ0n) is 12.7. The number of hydrogen-bond acceptors (Lipinski definition) is 2. The highest BCUT2D eigenvalue weighted by molar-refractivity contribution is 5.23. The van der Waals surface area contributed by atoms with Crippen LogP contribution in [0.25, 0.3) is 0 Å². The topological polar surface area (TPSA) is 23.5 Å². The molecule has 0 aromatic heterocycles. The lowest BCUT2D eigenvalue weighted by molar-refractivity contribution is 0.224. The van der Waals surface area contributed by atoms with Gasteiger partial charge in [0.25, 0.3) is 0 Å². The number of likely N-dealkylation sites (tertiary alicyclic amines) is 1. The van der Waals surface area contributed by atoms with E-state index in [9.17, 15) is 0 Å². The molecule has 0 amide bonds. The molecule has 1 N–H and O–H groups in total. The average molecular weight is 253 g/mol. The van der Waals surface area contributed by atoms with Crippen LogP contribution in [0.5, 0.6) is 0 Å². The van der Waals surface area contributed by atoms with Gasteiger partial charge in [-0.2, -0.15) is 0 Å². The average Bonchev–Trinajstić information content (AvgIpc) is 2.92. The van der Waals surface area contributed by atoms with E-state index in [0.29, 0.717) is 12.5 Å². The second-order valence-corrected chi connectivity index (χ2v) is 4.33. The molecule has 18 heavy (non-hydrogen) atoms. The molecule has 1 fully saturated rings. The first kappa shape index (κ1) is 17.4. The Kier molecular flexibility index (Phi) is 11.1. The molecular formula is C16H31NO. The fourth-order valence-electron chi connectivity index (χ4n) is 2.25. The van der Waals surface area contributed by atoms with Crippen molar-refractivity contribution in [3.63, 3.8) is 0 Å². The predicted octanol–water partition coefficient (Wildman–Crippen LogP) is 3.63. The summed E-state index contributed by atoms with van der Waals surface area (Å²) in [6, 6.07) is 0. The second-order valence-electron chi connectivity index (χ2n) is 4.33. The van der Waals surface area contributed by atoms with Crippen molar-refractivity contribution in [3.05, 3.63) is 23.8 Å². The van der Waals surface area contributed by atoms with Crippen LogP contribution in [0.15, 0.2) is 23.8 Å². The van der Waals surface area contributed by atoms with Gasteiger partial charge in [0.15, 0.2) is 0 Å². The molecule has 1 aliphatic carbocycles. The fraction of sp³-hybridized carbons (Fsp3) is 0.750. The summed E-state index contributed by atoms with van der Waals surface area (Å²) in [6.45, 7) is 11.6. The zero-order chi connectivity index (χ0) is 13.8. The van der Waals surface area contributed by atoms with Gasteiger partial charge < -0.3 is 5.11 Å². The van der Waals surface area contributed by atoms with Crippen LogP contribution in [-0.2, 0) is 0 Å². The minimum Gasteiger partial charge on any atom is -0.396 e. The Morgan fingerprint density at radius 3 is 2.44 bits per heavy atom. The Morgan fingerprint density at radius 1 is 1.22 bits per heavy atom. The summed E-state index contributed by atoms with van der Waals surface area (Å²) < 4.78 is 0. The molecule has 1 heterocycles. The number of rotatable bonds is 3. The third-order valence-electron chi connectivity index (χ3n) is 3.11. The molecule has 2 nitrogen and oxygen atoms in total. The molecule has 0 aromatic rings. The maximum absolute atomic E-state index is 9.03. The maximum atomic E-state index is 9.03. The van der Waals surface area contributed by atoms with Crippen LogP contribution < -0.4 is 0 Å². The Balaban J connectivity index is 0.000000659. The van der Waals surface area contributed by atoms with E-state index in [2.05, 4.69) is 23.1 Å². The van der Waals surface area contributed by atoms with E-state index in [4.69, 9.17) is 5.11 Å². The summed E-state index contributed by atoms with van der Waals surface area (Å²) >= 11 is 0. The van der Waals surface area contributed by atoms with E-state index in [1.54, 1.807) is 0 Å². The van der Waals surface area contributed by atoms with E-state index < -0.39 is 0 Å². The Morgan fingerprint density at radius 2 is 1.94 bits per heavy atom. The zero-order valence-corrected chi connectivity index (χ0v) is 12.7. The molecule has 1 aliphatic heterocycles. The van der Waals surface area contributed by atoms with Crippen molar-refractivity contribution >= 4 is 0 Å². The summed E-state index contributed by atoms with van der Waals surface area (Å²) in [5.74, 6) is 0.517. The van der Waals surface area contributed by atoms with Crippen molar-refractivity contribution in [2.45, 2.75) is 47.0 Å². The first-order valence-electron chi connectivity index (χ1n) is 7.57. The minimum atomic E-state index is 0.353. The lowest BCUT2D eigenvalue weighted by Gasteiger charge is -2.17. The van der Waals surface area contributed by atoms with Gasteiger partial charge in [-0.3, -0.25) is 4.90 Å². The smallest absolute Gasteiger partial charge is 0.0471 e. The van der Waals surface area contributed by atoms with Crippen molar-refractivity contribution in [2.24, 2.45) is 5.92 Å². The molecule has 2 heteroatoms. The minimum absolute atomic E-state index is 0.353. The summed E-state index contributed by atoms with van der Waals surface area (Å²) in [5.41, 5.74) is 1.45. The highest BCUT2D eigenvalue weighted by Crippen LogP contribution is 2.18. The number of nitrogens with zero attached hydrogens (tertiary/aromatic N) is 1. The van der Waals surface area contributed by atoms with Crippen molar-refractivity contribution in [3.8, 4) is 0 Å². The molecule has 0 spiro atoms. The number of hydrogen-bond donors (Lipinski definition) is 1. The summed E-state index contributed by atoms with van der Waals surface area (Å²) in [4.78, 5) is 2.45. The highest BCUT2D eigenvalue weighted by Gasteiger charge is 2.21. The van der Waals surface area contributed by atoms with Gasteiger partial charge in [0.1, 0.15) is 0 Å². The summed E-state index contributed by atoms with van der Waals surface area (Å²) in [5, 5.41) is 9.03. The Hall–Kier alpha value is -0.600. The van der Waals surface area contributed by atoms with Crippen molar-refractivity contribution in [1.82, 2.24) is 4.90 Å².